The number of phenolic OH excluding ortho intramolecular Hbond substituents is 1. The van der Waals surface area contributed by atoms with Crippen LogP contribution in [0.25, 0.3) is 5.76 Å². The molecule has 0 radical (unpaired) electrons. The molecule has 2 fully saturated rings. The molecule has 0 bridgehead atoms. The zero-order valence-electron chi connectivity index (χ0n) is 16.8. The van der Waals surface area contributed by atoms with Gasteiger partial charge in [0.2, 0.25) is 0 Å². The van der Waals surface area contributed by atoms with Crippen molar-refractivity contribution in [3.05, 3.63) is 69.7 Å². The summed E-state index contributed by atoms with van der Waals surface area (Å²) in [4.78, 5) is 29.6. The second-order valence-corrected chi connectivity index (χ2v) is 8.46. The van der Waals surface area contributed by atoms with Crippen molar-refractivity contribution in [1.29, 1.82) is 0 Å². The standard InChI is InChI=1S/C23H23BrN2O5/c24-17-6-4-15(5-7-17)21(28)19-20(16-2-1-3-18(27)14-16)26(23(30)22(19)29)9-8-25-10-12-31-13-11-25/h1-7,14,20,27-28H,8-13H2/t20-/m0/s1. The van der Waals surface area contributed by atoms with Crippen LogP contribution in [0.5, 0.6) is 5.75 Å². The van der Waals surface area contributed by atoms with Gasteiger partial charge in [0.15, 0.2) is 0 Å². The van der Waals surface area contributed by atoms with Gasteiger partial charge < -0.3 is 19.8 Å². The van der Waals surface area contributed by atoms with E-state index in [2.05, 4.69) is 20.8 Å². The summed E-state index contributed by atoms with van der Waals surface area (Å²) in [5.41, 5.74) is 1.04. The number of phenols is 1. The molecule has 8 heteroatoms. The summed E-state index contributed by atoms with van der Waals surface area (Å²) >= 11 is 3.36. The molecule has 4 rings (SSSR count). The Kier molecular flexibility index (Phi) is 6.41. The molecule has 0 spiro atoms. The van der Waals surface area contributed by atoms with Crippen LogP contribution in [0.15, 0.2) is 58.6 Å². The zero-order valence-corrected chi connectivity index (χ0v) is 18.4. The first-order valence-corrected chi connectivity index (χ1v) is 10.9. The van der Waals surface area contributed by atoms with Gasteiger partial charge in [0.1, 0.15) is 11.5 Å². The molecule has 162 valence electrons. The Morgan fingerprint density at radius 2 is 1.77 bits per heavy atom. The van der Waals surface area contributed by atoms with Crippen LogP contribution < -0.4 is 0 Å². The van der Waals surface area contributed by atoms with E-state index in [0.29, 0.717) is 37.4 Å². The fourth-order valence-corrected chi connectivity index (χ4v) is 4.25. The predicted molar refractivity (Wildman–Crippen MR) is 119 cm³/mol. The van der Waals surface area contributed by atoms with Crippen molar-refractivity contribution in [2.75, 3.05) is 39.4 Å². The molecule has 0 unspecified atom stereocenters. The summed E-state index contributed by atoms with van der Waals surface area (Å²) in [6, 6.07) is 12.5. The van der Waals surface area contributed by atoms with Gasteiger partial charge in [-0.25, -0.2) is 0 Å². The van der Waals surface area contributed by atoms with E-state index in [4.69, 9.17) is 4.74 Å². The smallest absolute Gasteiger partial charge is 0.295 e. The summed E-state index contributed by atoms with van der Waals surface area (Å²) in [5, 5.41) is 21.0. The molecule has 2 aromatic rings. The number of ketones is 1. The van der Waals surface area contributed by atoms with Crippen molar-refractivity contribution < 1.29 is 24.5 Å². The van der Waals surface area contributed by atoms with Crippen LogP contribution in [0.3, 0.4) is 0 Å². The first-order chi connectivity index (χ1) is 15.0. The number of halogens is 1. The van der Waals surface area contributed by atoms with E-state index in [1.165, 1.54) is 17.0 Å². The van der Waals surface area contributed by atoms with Crippen LogP contribution in [-0.4, -0.2) is 71.1 Å². The highest BCUT2D eigenvalue weighted by Crippen LogP contribution is 2.40. The fourth-order valence-electron chi connectivity index (χ4n) is 3.99. The van der Waals surface area contributed by atoms with Gasteiger partial charge in [-0.1, -0.05) is 40.2 Å². The molecule has 2 saturated heterocycles. The molecule has 2 heterocycles. The number of ether oxygens (including phenoxy) is 1. The number of aliphatic hydroxyl groups excluding tert-OH is 1. The Hall–Kier alpha value is -2.68. The maximum Gasteiger partial charge on any atom is 0.295 e. The SMILES string of the molecule is O=C1C(=O)N(CCN2CCOCC2)[C@@H](c2cccc(O)c2)C1=C(O)c1ccc(Br)cc1. The lowest BCUT2D eigenvalue weighted by Crippen LogP contribution is -2.42. The normalized spacial score (nSPS) is 21.6. The molecule has 2 aliphatic rings. The first-order valence-electron chi connectivity index (χ1n) is 10.1. The summed E-state index contributed by atoms with van der Waals surface area (Å²) in [5.74, 6) is -1.58. The van der Waals surface area contributed by atoms with E-state index in [-0.39, 0.29) is 17.1 Å². The second-order valence-electron chi connectivity index (χ2n) is 7.55. The van der Waals surface area contributed by atoms with Crippen LogP contribution in [0.2, 0.25) is 0 Å². The molecule has 2 aliphatic heterocycles. The van der Waals surface area contributed by atoms with E-state index < -0.39 is 17.7 Å². The van der Waals surface area contributed by atoms with Crippen molar-refractivity contribution in [2.24, 2.45) is 0 Å². The highest BCUT2D eigenvalue weighted by molar-refractivity contribution is 9.10. The maximum atomic E-state index is 13.0. The van der Waals surface area contributed by atoms with Gasteiger partial charge >= 0.3 is 0 Å². The number of likely N-dealkylation sites (tertiary alicyclic amines) is 1. The molecule has 2 N–H and O–H groups in total. The summed E-state index contributed by atoms with van der Waals surface area (Å²) in [7, 11) is 0. The number of benzene rings is 2. The minimum Gasteiger partial charge on any atom is -0.508 e. The topological polar surface area (TPSA) is 90.3 Å². The van der Waals surface area contributed by atoms with Gasteiger partial charge in [0, 0.05) is 36.2 Å². The Morgan fingerprint density at radius 3 is 2.45 bits per heavy atom. The predicted octanol–water partition coefficient (Wildman–Crippen LogP) is 2.91. The highest BCUT2D eigenvalue weighted by Gasteiger charge is 2.46. The minimum absolute atomic E-state index is 0.0277. The van der Waals surface area contributed by atoms with Gasteiger partial charge in [-0.05, 0) is 29.8 Å². The van der Waals surface area contributed by atoms with Crippen molar-refractivity contribution in [3.63, 3.8) is 0 Å². The minimum atomic E-state index is -0.781. The quantitative estimate of drug-likeness (QED) is 0.383. The fraction of sp³-hybridized carbons (Fsp3) is 0.304. The molecule has 1 atom stereocenters. The number of carbonyl (C=O) groups is 2. The molecule has 0 aromatic heterocycles. The second kappa shape index (κ2) is 9.21. The van der Waals surface area contributed by atoms with Crippen LogP contribution >= 0.6 is 15.9 Å². The number of aliphatic hydroxyl groups is 1. The lowest BCUT2D eigenvalue weighted by molar-refractivity contribution is -0.140. The molecular formula is C23H23BrN2O5. The average molecular weight is 487 g/mol. The molecule has 7 nitrogen and oxygen atoms in total. The number of Topliss-reactive ketones (excluding diaryl/α,β-unsaturated/α-hetero) is 1. The summed E-state index contributed by atoms with van der Waals surface area (Å²) in [6.45, 7) is 3.71. The van der Waals surface area contributed by atoms with Gasteiger partial charge in [0.05, 0.1) is 24.8 Å². The molecule has 1 amide bonds. The number of morpholine rings is 1. The van der Waals surface area contributed by atoms with Gasteiger partial charge in [-0.15, -0.1) is 0 Å². The Bertz CT molecular complexity index is 1010. The zero-order chi connectivity index (χ0) is 22.0. The van der Waals surface area contributed by atoms with E-state index in [1.807, 2.05) is 0 Å². The Labute approximate surface area is 188 Å². The van der Waals surface area contributed by atoms with Crippen LogP contribution in [-0.2, 0) is 14.3 Å². The van der Waals surface area contributed by atoms with Gasteiger partial charge in [0.25, 0.3) is 11.7 Å². The van der Waals surface area contributed by atoms with Crippen LogP contribution in [0, 0.1) is 0 Å². The Morgan fingerprint density at radius 1 is 1.06 bits per heavy atom. The lowest BCUT2D eigenvalue weighted by atomic mass is 9.95. The van der Waals surface area contributed by atoms with Crippen LogP contribution in [0.1, 0.15) is 17.2 Å². The largest absolute Gasteiger partial charge is 0.508 e. The molecule has 0 aliphatic carbocycles. The highest BCUT2D eigenvalue weighted by atomic mass is 79.9. The number of hydrogen-bond acceptors (Lipinski definition) is 6. The van der Waals surface area contributed by atoms with Gasteiger partial charge in [-0.3, -0.25) is 14.5 Å². The lowest BCUT2D eigenvalue weighted by Gasteiger charge is -2.31. The molecular weight excluding hydrogens is 464 g/mol. The summed E-state index contributed by atoms with van der Waals surface area (Å²) < 4.78 is 6.20. The number of nitrogens with zero attached hydrogens (tertiary/aromatic N) is 2. The average Bonchev–Trinajstić information content (AvgIpc) is 3.03. The third kappa shape index (κ3) is 4.51. The molecule has 31 heavy (non-hydrogen) atoms. The number of rotatable bonds is 5. The van der Waals surface area contributed by atoms with Crippen molar-refractivity contribution in [1.82, 2.24) is 9.80 Å². The van der Waals surface area contributed by atoms with Crippen molar-refractivity contribution >= 4 is 33.4 Å². The number of amides is 1. The van der Waals surface area contributed by atoms with Crippen molar-refractivity contribution in [2.45, 2.75) is 6.04 Å². The van der Waals surface area contributed by atoms with Crippen LogP contribution in [0.4, 0.5) is 0 Å². The monoisotopic (exact) mass is 486 g/mol. The van der Waals surface area contributed by atoms with E-state index in [1.54, 1.807) is 36.4 Å². The number of aromatic hydroxyl groups is 1. The molecule has 2 aromatic carbocycles. The first kappa shape index (κ1) is 21.5. The maximum absolute atomic E-state index is 13.0. The van der Waals surface area contributed by atoms with E-state index in [0.717, 1.165) is 17.6 Å². The number of carbonyl (C=O) groups excluding carboxylic acids is 2. The third-order valence-electron chi connectivity index (χ3n) is 5.60. The molecule has 0 saturated carbocycles. The van der Waals surface area contributed by atoms with E-state index >= 15 is 0 Å². The third-order valence-corrected chi connectivity index (χ3v) is 6.13. The van der Waals surface area contributed by atoms with Gasteiger partial charge in [-0.2, -0.15) is 0 Å². The Balaban J connectivity index is 1.73. The van der Waals surface area contributed by atoms with Crippen molar-refractivity contribution in [3.8, 4) is 5.75 Å². The number of hydrogen-bond donors (Lipinski definition) is 2. The van der Waals surface area contributed by atoms with E-state index in [9.17, 15) is 19.8 Å². The summed E-state index contributed by atoms with van der Waals surface area (Å²) in [6.07, 6.45) is 0.